The Morgan fingerprint density at radius 2 is 1.77 bits per heavy atom. The summed E-state index contributed by atoms with van der Waals surface area (Å²) in [5.74, 6) is -1.32. The van der Waals surface area contributed by atoms with Gasteiger partial charge in [0.2, 0.25) is 11.8 Å². The van der Waals surface area contributed by atoms with Crippen molar-refractivity contribution >= 4 is 75.1 Å². The highest BCUT2D eigenvalue weighted by Crippen LogP contribution is 2.37. The number of benzene rings is 3. The molecule has 0 bridgehead atoms. The first-order chi connectivity index (χ1) is 22.6. The molecule has 0 saturated heterocycles. The van der Waals surface area contributed by atoms with Crippen LogP contribution in [0.15, 0.2) is 89.5 Å². The molecule has 0 saturated carbocycles. The van der Waals surface area contributed by atoms with Crippen molar-refractivity contribution in [2.45, 2.75) is 37.0 Å². The minimum Gasteiger partial charge on any atom is -0.337 e. The zero-order chi connectivity index (χ0) is 33.5. The van der Waals surface area contributed by atoms with Gasteiger partial charge < -0.3 is 20.9 Å². The lowest BCUT2D eigenvalue weighted by Gasteiger charge is -2.25. The molecule has 9 nitrogen and oxygen atoms in total. The summed E-state index contributed by atoms with van der Waals surface area (Å²) in [5.41, 5.74) is 2.73. The molecule has 0 aliphatic carbocycles. The van der Waals surface area contributed by atoms with E-state index in [1.54, 1.807) is 84.6 Å². The monoisotopic (exact) mass is 683 g/mol. The Bertz CT molecular complexity index is 1920. The van der Waals surface area contributed by atoms with Crippen molar-refractivity contribution < 1.29 is 19.2 Å². The van der Waals surface area contributed by atoms with E-state index < -0.39 is 17.1 Å². The third-order valence-corrected chi connectivity index (χ3v) is 9.93. The summed E-state index contributed by atoms with van der Waals surface area (Å²) in [7, 11) is 0. The summed E-state index contributed by atoms with van der Waals surface area (Å²) in [4.78, 5) is 54.9. The molecule has 5 rings (SSSR count). The summed E-state index contributed by atoms with van der Waals surface area (Å²) >= 11 is 8.96. The lowest BCUT2D eigenvalue weighted by atomic mass is 10.0. The lowest BCUT2D eigenvalue weighted by Crippen LogP contribution is -2.33. The summed E-state index contributed by atoms with van der Waals surface area (Å²) < 4.78 is 0. The Balaban J connectivity index is 1.28. The first-order valence-electron chi connectivity index (χ1n) is 14.6. The number of carbonyl (C=O) groups excluding carboxylic acids is 4. The number of halogens is 1. The van der Waals surface area contributed by atoms with Gasteiger partial charge in [-0.15, -0.1) is 23.1 Å². The normalized spacial score (nSPS) is 13.1. The number of carbonyl (C=O) groups is 4. The number of rotatable bonds is 9. The molecule has 3 aromatic carbocycles. The molecule has 1 aliphatic heterocycles. The molecular formula is C35H30ClN5O4S2. The van der Waals surface area contributed by atoms with Crippen LogP contribution in [0.4, 0.5) is 10.7 Å². The maximum absolute atomic E-state index is 13.5. The highest BCUT2D eigenvalue weighted by molar-refractivity contribution is 8.00. The van der Waals surface area contributed by atoms with Crippen LogP contribution in [-0.4, -0.2) is 40.3 Å². The van der Waals surface area contributed by atoms with Crippen molar-refractivity contribution in [3.8, 4) is 6.07 Å². The molecule has 47 heavy (non-hydrogen) atoms. The molecule has 2 heterocycles. The van der Waals surface area contributed by atoms with Crippen molar-refractivity contribution in [2.75, 3.05) is 17.2 Å². The van der Waals surface area contributed by atoms with E-state index in [1.807, 2.05) is 6.07 Å². The molecule has 4 amide bonds. The number of thioether (sulfide) groups is 1. The Kier molecular flexibility index (Phi) is 10.8. The minimum absolute atomic E-state index is 0.00359. The van der Waals surface area contributed by atoms with Crippen LogP contribution >= 0.6 is 34.7 Å². The van der Waals surface area contributed by atoms with Gasteiger partial charge in [0.1, 0.15) is 16.8 Å². The van der Waals surface area contributed by atoms with Crippen LogP contribution in [0, 0.1) is 11.3 Å². The van der Waals surface area contributed by atoms with Gasteiger partial charge in [-0.25, -0.2) is 0 Å². The van der Waals surface area contributed by atoms with Gasteiger partial charge in [-0.2, -0.15) is 5.26 Å². The van der Waals surface area contributed by atoms with Crippen LogP contribution in [0.5, 0.6) is 0 Å². The van der Waals surface area contributed by atoms with Crippen LogP contribution in [-0.2, 0) is 27.3 Å². The Labute approximate surface area is 285 Å². The predicted molar refractivity (Wildman–Crippen MR) is 186 cm³/mol. The van der Waals surface area contributed by atoms with Crippen LogP contribution in [0.25, 0.3) is 6.08 Å². The Morgan fingerprint density at radius 1 is 1.02 bits per heavy atom. The number of nitriles is 1. The van der Waals surface area contributed by atoms with Crippen LogP contribution in [0.3, 0.4) is 0 Å². The van der Waals surface area contributed by atoms with Crippen LogP contribution in [0.2, 0.25) is 5.02 Å². The molecule has 1 aliphatic rings. The number of nitrogens with zero attached hydrogens (tertiary/aromatic N) is 2. The summed E-state index contributed by atoms with van der Waals surface area (Å²) in [6.07, 6.45) is 2.08. The van der Waals surface area contributed by atoms with E-state index in [-0.39, 0.29) is 17.5 Å². The maximum Gasteiger partial charge on any atom is 0.272 e. The molecular weight excluding hydrogens is 654 g/mol. The fourth-order valence-corrected chi connectivity index (χ4v) is 7.22. The van der Waals surface area contributed by atoms with Crippen LogP contribution < -0.4 is 16.0 Å². The van der Waals surface area contributed by atoms with Gasteiger partial charge in [-0.1, -0.05) is 54.1 Å². The second kappa shape index (κ2) is 15.1. The van der Waals surface area contributed by atoms with Gasteiger partial charge >= 0.3 is 0 Å². The molecule has 12 heteroatoms. The molecule has 0 radical (unpaired) electrons. The predicted octanol–water partition coefficient (Wildman–Crippen LogP) is 6.71. The fraction of sp³-hybridized carbons (Fsp3) is 0.171. The maximum atomic E-state index is 13.5. The molecule has 3 N–H and O–H groups in total. The zero-order valence-corrected chi connectivity index (χ0v) is 27.9. The first kappa shape index (κ1) is 33.5. The largest absolute Gasteiger partial charge is 0.337 e. The number of nitrogens with one attached hydrogen (secondary N) is 3. The zero-order valence-electron chi connectivity index (χ0n) is 25.5. The quantitative estimate of drug-likeness (QED) is 0.133. The van der Waals surface area contributed by atoms with Gasteiger partial charge in [0.25, 0.3) is 11.8 Å². The number of amides is 4. The number of hydrogen-bond acceptors (Lipinski definition) is 7. The summed E-state index contributed by atoms with van der Waals surface area (Å²) in [6, 6.07) is 24.8. The second-order valence-electron chi connectivity index (χ2n) is 10.6. The minimum atomic E-state index is -0.559. The van der Waals surface area contributed by atoms with Crippen molar-refractivity contribution in [1.82, 2.24) is 10.2 Å². The molecule has 0 fully saturated rings. The molecule has 1 unspecified atom stereocenters. The number of anilines is 2. The van der Waals surface area contributed by atoms with Gasteiger partial charge in [-0.05, 0) is 66.9 Å². The van der Waals surface area contributed by atoms with Gasteiger partial charge in [0.05, 0.1) is 17.4 Å². The van der Waals surface area contributed by atoms with Crippen molar-refractivity contribution in [1.29, 1.82) is 5.26 Å². The number of fused-ring (bicyclic) bond motifs is 1. The SMILES string of the molecule is CC(=O)N1CCc2c(sc(NC(=O)C(C)Sc3cccc(NC(=O)/C(=C\c4ccccc4Cl)NC(=O)c4ccccc4)c3)c2C#N)C1. The van der Waals surface area contributed by atoms with E-state index in [0.717, 1.165) is 15.3 Å². The van der Waals surface area contributed by atoms with Crippen molar-refractivity contribution in [2.24, 2.45) is 0 Å². The summed E-state index contributed by atoms with van der Waals surface area (Å²) in [5, 5.41) is 18.6. The molecule has 1 aromatic heterocycles. The van der Waals surface area contributed by atoms with Gasteiger partial charge in [0.15, 0.2) is 0 Å². The van der Waals surface area contributed by atoms with E-state index in [2.05, 4.69) is 22.0 Å². The van der Waals surface area contributed by atoms with Gasteiger partial charge in [-0.3, -0.25) is 19.2 Å². The third-order valence-electron chi connectivity index (χ3n) is 7.36. The first-order valence-corrected chi connectivity index (χ1v) is 16.7. The van der Waals surface area contributed by atoms with E-state index in [9.17, 15) is 24.4 Å². The van der Waals surface area contributed by atoms with Crippen molar-refractivity contribution in [3.05, 3.63) is 117 Å². The number of thiophene rings is 1. The lowest BCUT2D eigenvalue weighted by molar-refractivity contribution is -0.129. The second-order valence-corrected chi connectivity index (χ2v) is 13.6. The van der Waals surface area contributed by atoms with E-state index in [0.29, 0.717) is 51.9 Å². The van der Waals surface area contributed by atoms with Crippen molar-refractivity contribution in [3.63, 3.8) is 0 Å². The average Bonchev–Trinajstić information content (AvgIpc) is 3.41. The average molecular weight is 684 g/mol. The summed E-state index contributed by atoms with van der Waals surface area (Å²) in [6.45, 7) is 4.24. The van der Waals surface area contributed by atoms with Crippen LogP contribution in [0.1, 0.15) is 45.8 Å². The Hall–Kier alpha value is -4.89. The highest BCUT2D eigenvalue weighted by atomic mass is 35.5. The third kappa shape index (κ3) is 8.29. The van der Waals surface area contributed by atoms with E-state index in [1.165, 1.54) is 36.1 Å². The Morgan fingerprint density at radius 3 is 2.49 bits per heavy atom. The molecule has 1 atom stereocenters. The number of hydrogen-bond donors (Lipinski definition) is 3. The fourth-order valence-electron chi connectivity index (χ4n) is 4.89. The van der Waals surface area contributed by atoms with Gasteiger partial charge in [0, 0.05) is 39.5 Å². The molecule has 238 valence electrons. The molecule has 0 spiro atoms. The van der Waals surface area contributed by atoms with E-state index in [4.69, 9.17) is 11.6 Å². The smallest absolute Gasteiger partial charge is 0.272 e. The molecule has 4 aromatic rings. The topological polar surface area (TPSA) is 131 Å². The highest BCUT2D eigenvalue weighted by Gasteiger charge is 2.27. The van der Waals surface area contributed by atoms with E-state index >= 15 is 0 Å². The standard InChI is InChI=1S/C35H30ClN5O4S2/c1-21(32(43)40-35-28(19-37)27-15-16-41(22(2)42)20-31(27)47-35)46-26-13-8-12-25(18-26)38-34(45)30(17-24-11-6-7-14-29(24)36)39-33(44)23-9-4-3-5-10-23/h3-14,17-18,21H,15-16,20H2,1-2H3,(H,38,45)(H,39,44)(H,40,43)/b30-17+.